The van der Waals surface area contributed by atoms with Gasteiger partial charge in [0.15, 0.2) is 0 Å². The van der Waals surface area contributed by atoms with Crippen molar-refractivity contribution < 1.29 is 8.42 Å². The van der Waals surface area contributed by atoms with Crippen LogP contribution in [0.3, 0.4) is 0 Å². The number of nitrogens with two attached hydrogens (primary N) is 1. The standard InChI is InChI=1S/C13H13BrN2O2S/c1-16(11-6-4-5-10(15)9-11)19(17,18)13-8-3-2-7-12(13)14/h2-9H,15H2,1H3. The van der Waals surface area contributed by atoms with E-state index in [0.717, 1.165) is 0 Å². The maximum atomic E-state index is 12.5. The molecule has 2 aromatic rings. The molecule has 2 aromatic carbocycles. The number of rotatable bonds is 3. The summed E-state index contributed by atoms with van der Waals surface area (Å²) in [5, 5.41) is 0. The van der Waals surface area contributed by atoms with Crippen LogP contribution in [0.25, 0.3) is 0 Å². The molecule has 2 rings (SSSR count). The van der Waals surface area contributed by atoms with E-state index in [-0.39, 0.29) is 4.90 Å². The van der Waals surface area contributed by atoms with Crippen LogP contribution >= 0.6 is 15.9 Å². The molecule has 0 unspecified atom stereocenters. The van der Waals surface area contributed by atoms with Gasteiger partial charge in [0, 0.05) is 17.2 Å². The number of hydrogen-bond acceptors (Lipinski definition) is 3. The molecule has 19 heavy (non-hydrogen) atoms. The summed E-state index contributed by atoms with van der Waals surface area (Å²) in [6.07, 6.45) is 0. The molecule has 0 saturated heterocycles. The first-order valence-electron chi connectivity index (χ1n) is 5.52. The predicted molar refractivity (Wildman–Crippen MR) is 80.6 cm³/mol. The Balaban J connectivity index is 2.49. The van der Waals surface area contributed by atoms with Gasteiger partial charge in [-0.05, 0) is 46.3 Å². The van der Waals surface area contributed by atoms with Crippen molar-refractivity contribution in [3.8, 4) is 0 Å². The van der Waals surface area contributed by atoms with E-state index in [2.05, 4.69) is 15.9 Å². The smallest absolute Gasteiger partial charge is 0.265 e. The summed E-state index contributed by atoms with van der Waals surface area (Å²) in [6.45, 7) is 0. The molecule has 0 amide bonds. The van der Waals surface area contributed by atoms with Crippen LogP contribution < -0.4 is 10.0 Å². The van der Waals surface area contributed by atoms with Gasteiger partial charge in [-0.1, -0.05) is 18.2 Å². The Morgan fingerprint density at radius 1 is 1.11 bits per heavy atom. The van der Waals surface area contributed by atoms with E-state index >= 15 is 0 Å². The highest BCUT2D eigenvalue weighted by molar-refractivity contribution is 9.10. The maximum absolute atomic E-state index is 12.5. The first kappa shape index (κ1) is 13.9. The summed E-state index contributed by atoms with van der Waals surface area (Å²) in [5.74, 6) is 0. The molecule has 0 aliphatic carbocycles. The molecule has 0 atom stereocenters. The van der Waals surface area contributed by atoms with Crippen LogP contribution in [0, 0.1) is 0 Å². The minimum atomic E-state index is -3.61. The van der Waals surface area contributed by atoms with E-state index in [1.165, 1.54) is 11.4 Å². The lowest BCUT2D eigenvalue weighted by Gasteiger charge is -2.20. The topological polar surface area (TPSA) is 63.4 Å². The van der Waals surface area contributed by atoms with Gasteiger partial charge in [-0.3, -0.25) is 4.31 Å². The number of sulfonamides is 1. The number of benzene rings is 2. The van der Waals surface area contributed by atoms with E-state index in [0.29, 0.717) is 15.8 Å². The Morgan fingerprint density at radius 2 is 1.79 bits per heavy atom. The average Bonchev–Trinajstić information content (AvgIpc) is 2.38. The third-order valence-electron chi connectivity index (χ3n) is 2.71. The Labute approximate surface area is 121 Å². The Morgan fingerprint density at radius 3 is 2.42 bits per heavy atom. The summed E-state index contributed by atoms with van der Waals surface area (Å²) in [5.41, 5.74) is 6.72. The van der Waals surface area contributed by atoms with Crippen molar-refractivity contribution in [3.05, 3.63) is 53.0 Å². The van der Waals surface area contributed by atoms with Gasteiger partial charge in [-0.15, -0.1) is 0 Å². The molecular weight excluding hydrogens is 328 g/mol. The van der Waals surface area contributed by atoms with E-state index in [9.17, 15) is 8.42 Å². The van der Waals surface area contributed by atoms with E-state index < -0.39 is 10.0 Å². The summed E-state index contributed by atoms with van der Waals surface area (Å²) >= 11 is 3.26. The lowest BCUT2D eigenvalue weighted by Crippen LogP contribution is -2.26. The summed E-state index contributed by atoms with van der Waals surface area (Å²) in [6, 6.07) is 13.5. The van der Waals surface area contributed by atoms with Crippen LogP contribution in [0.15, 0.2) is 57.9 Å². The van der Waals surface area contributed by atoms with Crippen molar-refractivity contribution in [2.45, 2.75) is 4.90 Å². The van der Waals surface area contributed by atoms with Crippen molar-refractivity contribution in [2.24, 2.45) is 0 Å². The van der Waals surface area contributed by atoms with Crippen molar-refractivity contribution in [2.75, 3.05) is 17.1 Å². The fraction of sp³-hybridized carbons (Fsp3) is 0.0769. The molecular formula is C13H13BrN2O2S. The number of nitrogen functional groups attached to an aromatic ring is 1. The zero-order chi connectivity index (χ0) is 14.0. The molecule has 0 aliphatic heterocycles. The van der Waals surface area contributed by atoms with Crippen LogP contribution in [0.5, 0.6) is 0 Å². The van der Waals surface area contributed by atoms with Crippen LogP contribution in [0.1, 0.15) is 0 Å². The number of hydrogen-bond donors (Lipinski definition) is 1. The van der Waals surface area contributed by atoms with Crippen LogP contribution in [-0.2, 0) is 10.0 Å². The molecule has 0 fully saturated rings. The zero-order valence-corrected chi connectivity index (χ0v) is 12.6. The summed E-state index contributed by atoms with van der Waals surface area (Å²) in [4.78, 5) is 0.222. The van der Waals surface area contributed by atoms with Crippen LogP contribution in [0.4, 0.5) is 11.4 Å². The lowest BCUT2D eigenvalue weighted by molar-refractivity contribution is 0.594. The molecule has 0 heterocycles. The first-order chi connectivity index (χ1) is 8.93. The maximum Gasteiger partial charge on any atom is 0.265 e. The van der Waals surface area contributed by atoms with Gasteiger partial charge in [0.1, 0.15) is 4.90 Å². The summed E-state index contributed by atoms with van der Waals surface area (Å²) in [7, 11) is -2.11. The van der Waals surface area contributed by atoms with E-state index in [1.54, 1.807) is 48.5 Å². The molecule has 0 aliphatic rings. The highest BCUT2D eigenvalue weighted by atomic mass is 79.9. The van der Waals surface area contributed by atoms with Gasteiger partial charge < -0.3 is 5.73 Å². The molecule has 100 valence electrons. The van der Waals surface area contributed by atoms with Gasteiger partial charge in [0.2, 0.25) is 0 Å². The lowest BCUT2D eigenvalue weighted by atomic mass is 10.3. The van der Waals surface area contributed by atoms with E-state index in [1.807, 2.05) is 0 Å². The monoisotopic (exact) mass is 340 g/mol. The Bertz CT molecular complexity index is 701. The normalized spacial score (nSPS) is 11.3. The third-order valence-corrected chi connectivity index (χ3v) is 5.51. The third kappa shape index (κ3) is 2.74. The molecule has 6 heteroatoms. The molecule has 0 spiro atoms. The second-order valence-corrected chi connectivity index (χ2v) is 6.79. The van der Waals surface area contributed by atoms with E-state index in [4.69, 9.17) is 5.73 Å². The first-order valence-corrected chi connectivity index (χ1v) is 7.75. The molecule has 0 bridgehead atoms. The number of anilines is 2. The predicted octanol–water partition coefficient (Wildman–Crippen LogP) is 2.86. The van der Waals surface area contributed by atoms with Crippen molar-refractivity contribution >= 4 is 37.3 Å². The number of nitrogens with zero attached hydrogens (tertiary/aromatic N) is 1. The number of halogens is 1. The van der Waals surface area contributed by atoms with Crippen LogP contribution in [0.2, 0.25) is 0 Å². The fourth-order valence-electron chi connectivity index (χ4n) is 1.66. The fourth-order valence-corrected chi connectivity index (χ4v) is 3.81. The summed E-state index contributed by atoms with van der Waals surface area (Å²) < 4.78 is 26.8. The van der Waals surface area contributed by atoms with Gasteiger partial charge in [0.05, 0.1) is 5.69 Å². The highest BCUT2D eigenvalue weighted by Crippen LogP contribution is 2.28. The highest BCUT2D eigenvalue weighted by Gasteiger charge is 2.23. The van der Waals surface area contributed by atoms with Crippen LogP contribution in [-0.4, -0.2) is 15.5 Å². The van der Waals surface area contributed by atoms with Gasteiger partial charge >= 0.3 is 0 Å². The molecule has 4 nitrogen and oxygen atoms in total. The molecule has 0 saturated carbocycles. The zero-order valence-electron chi connectivity index (χ0n) is 10.2. The SMILES string of the molecule is CN(c1cccc(N)c1)S(=O)(=O)c1ccccc1Br. The second kappa shape index (κ2) is 5.22. The minimum Gasteiger partial charge on any atom is -0.399 e. The average molecular weight is 341 g/mol. The van der Waals surface area contributed by atoms with Gasteiger partial charge in [-0.2, -0.15) is 0 Å². The quantitative estimate of drug-likeness (QED) is 0.873. The Hall–Kier alpha value is -1.53. The largest absolute Gasteiger partial charge is 0.399 e. The molecule has 0 aromatic heterocycles. The van der Waals surface area contributed by atoms with Gasteiger partial charge in [0.25, 0.3) is 10.0 Å². The Kier molecular flexibility index (Phi) is 3.82. The van der Waals surface area contributed by atoms with Crippen molar-refractivity contribution in [3.63, 3.8) is 0 Å². The molecule has 0 radical (unpaired) electrons. The van der Waals surface area contributed by atoms with Gasteiger partial charge in [-0.25, -0.2) is 8.42 Å². The van der Waals surface area contributed by atoms with Crippen molar-refractivity contribution in [1.29, 1.82) is 0 Å². The molecule has 2 N–H and O–H groups in total. The van der Waals surface area contributed by atoms with Crippen molar-refractivity contribution in [1.82, 2.24) is 0 Å². The minimum absolute atomic E-state index is 0.222. The second-order valence-electron chi connectivity index (χ2n) is 4.00.